The third-order valence-corrected chi connectivity index (χ3v) is 0.820. The predicted octanol–water partition coefficient (Wildman–Crippen LogP) is -0.0747. The third kappa shape index (κ3) is 0.776. The summed E-state index contributed by atoms with van der Waals surface area (Å²) in [7, 11) is 0. The van der Waals surface area contributed by atoms with Crippen LogP contribution in [0.4, 0.5) is 0 Å². The highest BCUT2D eigenvalue weighted by Crippen LogP contribution is 1.81. The monoisotopic (exact) mass is 114 g/mol. The summed E-state index contributed by atoms with van der Waals surface area (Å²) in [5, 5.41) is 3.39. The number of aryl methyl sites for hydroxylation is 1. The Labute approximate surface area is 45.5 Å². The van der Waals surface area contributed by atoms with E-state index in [2.05, 4.69) is 14.7 Å². The lowest BCUT2D eigenvalue weighted by atomic mass is 10.5. The molecule has 1 heterocycles. The first kappa shape index (κ1) is 5.08. The van der Waals surface area contributed by atoms with Crippen molar-refractivity contribution in [2.75, 3.05) is 0 Å². The van der Waals surface area contributed by atoms with E-state index in [1.807, 2.05) is 6.92 Å². The van der Waals surface area contributed by atoms with Gasteiger partial charge in [-0.05, 0) is 0 Å². The summed E-state index contributed by atoms with van der Waals surface area (Å²) in [6.45, 7) is 1.88. The van der Waals surface area contributed by atoms with Crippen LogP contribution in [0.1, 0.15) is 12.7 Å². The quantitative estimate of drug-likeness (QED) is 0.555. The van der Waals surface area contributed by atoms with Crippen molar-refractivity contribution in [1.82, 2.24) is 10.1 Å². The molecule has 0 bridgehead atoms. The summed E-state index contributed by atoms with van der Waals surface area (Å²) < 4.78 is 4.19. The largest absolute Gasteiger partial charge is 0.438 e. The average molecular weight is 114 g/mol. The number of aromatic amines is 1. The molecule has 8 heavy (non-hydrogen) atoms. The first-order chi connectivity index (χ1) is 3.83. The van der Waals surface area contributed by atoms with Crippen LogP contribution in [0.2, 0.25) is 0 Å². The number of aromatic nitrogens is 2. The van der Waals surface area contributed by atoms with Crippen molar-refractivity contribution in [1.29, 1.82) is 0 Å². The van der Waals surface area contributed by atoms with Crippen molar-refractivity contribution >= 4 is 0 Å². The number of hydrogen-bond donors (Lipinski definition) is 1. The second kappa shape index (κ2) is 1.81. The van der Waals surface area contributed by atoms with Crippen LogP contribution in [0.3, 0.4) is 0 Å². The summed E-state index contributed by atoms with van der Waals surface area (Å²) in [6.07, 6.45) is 0.700. The highest BCUT2D eigenvalue weighted by molar-refractivity contribution is 4.74. The number of nitrogens with one attached hydrogen (secondary N) is 1. The molecule has 0 radical (unpaired) electrons. The Hall–Kier alpha value is -1.06. The van der Waals surface area contributed by atoms with E-state index < -0.39 is 5.76 Å². The van der Waals surface area contributed by atoms with Gasteiger partial charge in [-0.2, -0.15) is 0 Å². The smallest absolute Gasteiger partial charge is 0.296 e. The van der Waals surface area contributed by atoms with Gasteiger partial charge in [-0.1, -0.05) is 12.1 Å². The minimum Gasteiger partial charge on any atom is -0.296 e. The molecular formula is C4H6N2O2. The van der Waals surface area contributed by atoms with Gasteiger partial charge in [0.2, 0.25) is 0 Å². The number of H-pyrrole nitrogens is 1. The lowest BCUT2D eigenvalue weighted by molar-refractivity contribution is 0.381. The molecule has 0 fully saturated rings. The molecule has 0 atom stereocenters. The Morgan fingerprint density at radius 1 is 1.88 bits per heavy atom. The van der Waals surface area contributed by atoms with Gasteiger partial charge in [0.1, 0.15) is 0 Å². The van der Waals surface area contributed by atoms with Crippen LogP contribution >= 0.6 is 0 Å². The standard InChI is InChI=1S/C4H6N2O2/c1-2-3-5-4(7)8-6-3/h2H2,1H3,(H,5,6,7). The number of nitrogens with zero attached hydrogens (tertiary/aromatic N) is 1. The van der Waals surface area contributed by atoms with E-state index in [9.17, 15) is 4.79 Å². The van der Waals surface area contributed by atoms with Gasteiger partial charge in [-0.25, -0.2) is 4.79 Å². The lowest BCUT2D eigenvalue weighted by Gasteiger charge is -1.74. The maximum absolute atomic E-state index is 10.2. The molecule has 0 aliphatic carbocycles. The Morgan fingerprint density at radius 3 is 2.88 bits per heavy atom. The maximum Gasteiger partial charge on any atom is 0.438 e. The van der Waals surface area contributed by atoms with Crippen molar-refractivity contribution in [2.24, 2.45) is 0 Å². The van der Waals surface area contributed by atoms with E-state index >= 15 is 0 Å². The van der Waals surface area contributed by atoms with E-state index in [1.54, 1.807) is 0 Å². The molecule has 1 aromatic heterocycles. The molecule has 1 rings (SSSR count). The van der Waals surface area contributed by atoms with Crippen LogP contribution < -0.4 is 5.76 Å². The Morgan fingerprint density at radius 2 is 2.62 bits per heavy atom. The molecule has 0 spiro atoms. The van der Waals surface area contributed by atoms with Gasteiger partial charge in [-0.15, -0.1) is 0 Å². The van der Waals surface area contributed by atoms with Crippen molar-refractivity contribution in [3.05, 3.63) is 16.4 Å². The molecule has 0 amide bonds. The van der Waals surface area contributed by atoms with E-state index in [0.717, 1.165) is 0 Å². The second-order valence-electron chi connectivity index (χ2n) is 1.40. The Balaban J connectivity index is 3.01. The van der Waals surface area contributed by atoms with Gasteiger partial charge in [0.05, 0.1) is 0 Å². The lowest BCUT2D eigenvalue weighted by Crippen LogP contribution is -1.95. The highest BCUT2D eigenvalue weighted by atomic mass is 16.5. The number of rotatable bonds is 1. The molecule has 1 N–H and O–H groups in total. The molecule has 0 unspecified atom stereocenters. The van der Waals surface area contributed by atoms with E-state index in [4.69, 9.17) is 0 Å². The van der Waals surface area contributed by atoms with Crippen LogP contribution in [-0.2, 0) is 6.42 Å². The zero-order valence-electron chi connectivity index (χ0n) is 4.47. The molecule has 1 aromatic rings. The van der Waals surface area contributed by atoms with Crippen LogP contribution in [-0.4, -0.2) is 10.1 Å². The van der Waals surface area contributed by atoms with Crippen LogP contribution in [0.5, 0.6) is 0 Å². The van der Waals surface area contributed by atoms with Crippen molar-refractivity contribution in [2.45, 2.75) is 13.3 Å². The molecule has 0 aliphatic heterocycles. The Kier molecular flexibility index (Phi) is 1.15. The van der Waals surface area contributed by atoms with Crippen molar-refractivity contribution in [3.63, 3.8) is 0 Å². The molecule has 0 saturated heterocycles. The molecule has 0 saturated carbocycles. The minimum absolute atomic E-state index is 0.484. The molecule has 0 aromatic carbocycles. The molecular weight excluding hydrogens is 108 g/mol. The fourth-order valence-electron chi connectivity index (χ4n) is 0.413. The van der Waals surface area contributed by atoms with E-state index in [0.29, 0.717) is 12.2 Å². The summed E-state index contributed by atoms with van der Waals surface area (Å²) >= 11 is 0. The van der Waals surface area contributed by atoms with Crippen LogP contribution in [0.25, 0.3) is 0 Å². The topological polar surface area (TPSA) is 58.9 Å². The van der Waals surface area contributed by atoms with Gasteiger partial charge < -0.3 is 0 Å². The highest BCUT2D eigenvalue weighted by Gasteiger charge is 1.92. The first-order valence-corrected chi connectivity index (χ1v) is 2.38. The number of hydrogen-bond acceptors (Lipinski definition) is 3. The maximum atomic E-state index is 10.2. The van der Waals surface area contributed by atoms with Gasteiger partial charge in [-0.3, -0.25) is 9.51 Å². The SMILES string of the molecule is CCc1noc(=O)[nH]1. The summed E-state index contributed by atoms with van der Waals surface area (Å²) in [4.78, 5) is 12.6. The average Bonchev–Trinajstić information content (AvgIpc) is 2.14. The van der Waals surface area contributed by atoms with Crippen molar-refractivity contribution < 1.29 is 4.52 Å². The second-order valence-corrected chi connectivity index (χ2v) is 1.40. The van der Waals surface area contributed by atoms with Crippen LogP contribution in [0.15, 0.2) is 9.32 Å². The fourth-order valence-corrected chi connectivity index (χ4v) is 0.413. The summed E-state index contributed by atoms with van der Waals surface area (Å²) in [6, 6.07) is 0. The zero-order valence-corrected chi connectivity index (χ0v) is 4.47. The molecule has 4 nitrogen and oxygen atoms in total. The molecule has 44 valence electrons. The fraction of sp³-hybridized carbons (Fsp3) is 0.500. The van der Waals surface area contributed by atoms with Gasteiger partial charge in [0.25, 0.3) is 0 Å². The normalized spacial score (nSPS) is 9.62. The summed E-state index contributed by atoms with van der Waals surface area (Å²) in [5.74, 6) is 0.108. The van der Waals surface area contributed by atoms with E-state index in [1.165, 1.54) is 0 Å². The zero-order chi connectivity index (χ0) is 5.98. The molecule has 0 aliphatic rings. The Bertz CT molecular complexity index is 212. The van der Waals surface area contributed by atoms with Gasteiger partial charge >= 0.3 is 5.76 Å². The minimum atomic E-state index is -0.484. The summed E-state index contributed by atoms with van der Waals surface area (Å²) in [5.41, 5.74) is 0. The van der Waals surface area contributed by atoms with Gasteiger partial charge in [0, 0.05) is 6.42 Å². The van der Waals surface area contributed by atoms with Crippen molar-refractivity contribution in [3.8, 4) is 0 Å². The van der Waals surface area contributed by atoms with E-state index in [-0.39, 0.29) is 0 Å². The third-order valence-electron chi connectivity index (χ3n) is 0.820. The predicted molar refractivity (Wildman–Crippen MR) is 26.5 cm³/mol. The van der Waals surface area contributed by atoms with Gasteiger partial charge in [0.15, 0.2) is 5.82 Å². The molecule has 4 heteroatoms. The first-order valence-electron chi connectivity index (χ1n) is 2.38. The van der Waals surface area contributed by atoms with Crippen LogP contribution in [0, 0.1) is 0 Å².